The number of rotatable bonds is 6. The van der Waals surface area contributed by atoms with Crippen LogP contribution in [0.25, 0.3) is 0 Å². The Morgan fingerprint density at radius 2 is 2.18 bits per heavy atom. The van der Waals surface area contributed by atoms with Gasteiger partial charge in [-0.1, -0.05) is 6.92 Å². The first-order valence-electron chi connectivity index (χ1n) is 6.36. The lowest BCUT2D eigenvalue weighted by atomic mass is 10.2. The molecule has 0 aromatic heterocycles. The Balaban J connectivity index is 2.40. The van der Waals surface area contributed by atoms with Gasteiger partial charge in [-0.25, -0.2) is 0 Å². The van der Waals surface area contributed by atoms with Gasteiger partial charge in [0.15, 0.2) is 0 Å². The van der Waals surface area contributed by atoms with Crippen LogP contribution in [0.15, 0.2) is 0 Å². The Morgan fingerprint density at radius 1 is 1.41 bits per heavy atom. The Kier molecular flexibility index (Phi) is 5.97. The predicted octanol–water partition coefficient (Wildman–Crippen LogP) is 0.540. The van der Waals surface area contributed by atoms with E-state index in [-0.39, 0.29) is 17.9 Å². The largest absolute Gasteiger partial charge is 0.465 e. The summed E-state index contributed by atoms with van der Waals surface area (Å²) < 4.78 is 5.01. The summed E-state index contributed by atoms with van der Waals surface area (Å²) in [7, 11) is 0. The van der Waals surface area contributed by atoms with Crippen molar-refractivity contribution in [3.8, 4) is 0 Å². The van der Waals surface area contributed by atoms with E-state index in [1.54, 1.807) is 6.92 Å². The second kappa shape index (κ2) is 7.27. The first-order chi connectivity index (χ1) is 8.19. The van der Waals surface area contributed by atoms with Crippen LogP contribution in [0.3, 0.4) is 0 Å². The molecule has 1 heterocycles. The van der Waals surface area contributed by atoms with E-state index >= 15 is 0 Å². The molecule has 1 N–H and O–H groups in total. The number of nitrogens with zero attached hydrogens (tertiary/aromatic N) is 1. The second-order valence-corrected chi connectivity index (χ2v) is 4.23. The zero-order valence-electron chi connectivity index (χ0n) is 10.7. The molecule has 0 radical (unpaired) electrons. The van der Waals surface area contributed by atoms with Crippen LogP contribution in [-0.2, 0) is 14.3 Å². The maximum Gasteiger partial charge on any atom is 0.323 e. The Labute approximate surface area is 102 Å². The van der Waals surface area contributed by atoms with Crippen LogP contribution in [0.1, 0.15) is 33.1 Å². The van der Waals surface area contributed by atoms with Crippen LogP contribution in [0.2, 0.25) is 0 Å². The summed E-state index contributed by atoms with van der Waals surface area (Å²) in [5, 5.41) is 2.82. The number of esters is 1. The quantitative estimate of drug-likeness (QED) is 0.691. The molecule has 0 saturated carbocycles. The van der Waals surface area contributed by atoms with Gasteiger partial charge in [0.2, 0.25) is 5.91 Å². The van der Waals surface area contributed by atoms with E-state index in [4.69, 9.17) is 4.74 Å². The highest BCUT2D eigenvalue weighted by atomic mass is 16.5. The molecular weight excluding hydrogens is 220 g/mol. The van der Waals surface area contributed by atoms with Crippen LogP contribution in [-0.4, -0.2) is 49.1 Å². The highest BCUT2D eigenvalue weighted by molar-refractivity contribution is 5.80. The molecular formula is C12H22N2O3. The van der Waals surface area contributed by atoms with Crippen LogP contribution in [0.5, 0.6) is 0 Å². The number of ether oxygens (including phenoxy) is 1. The number of hydrogen-bond acceptors (Lipinski definition) is 4. The minimum absolute atomic E-state index is 0.0111. The molecule has 5 heteroatoms. The maximum atomic E-state index is 11.7. The molecule has 0 bridgehead atoms. The van der Waals surface area contributed by atoms with Crippen molar-refractivity contribution >= 4 is 11.9 Å². The lowest BCUT2D eigenvalue weighted by molar-refractivity contribution is -0.148. The molecule has 1 aliphatic rings. The molecule has 1 aliphatic heterocycles. The highest BCUT2D eigenvalue weighted by Crippen LogP contribution is 2.17. The fourth-order valence-corrected chi connectivity index (χ4v) is 2.03. The van der Waals surface area contributed by atoms with Gasteiger partial charge in [0, 0.05) is 6.54 Å². The predicted molar refractivity (Wildman–Crippen MR) is 64.5 cm³/mol. The number of carbonyl (C=O) groups is 2. The minimum Gasteiger partial charge on any atom is -0.465 e. The summed E-state index contributed by atoms with van der Waals surface area (Å²) in [6, 6.07) is -0.234. The van der Waals surface area contributed by atoms with Crippen LogP contribution >= 0.6 is 0 Å². The first kappa shape index (κ1) is 14.0. The van der Waals surface area contributed by atoms with Crippen molar-refractivity contribution in [3.63, 3.8) is 0 Å². The summed E-state index contributed by atoms with van der Waals surface area (Å²) in [4.78, 5) is 25.1. The summed E-state index contributed by atoms with van der Waals surface area (Å²) >= 11 is 0. The number of amides is 1. The summed E-state index contributed by atoms with van der Waals surface area (Å²) in [6.45, 7) is 5.98. The van der Waals surface area contributed by atoms with E-state index in [2.05, 4.69) is 5.32 Å². The topological polar surface area (TPSA) is 58.6 Å². The highest BCUT2D eigenvalue weighted by Gasteiger charge is 2.32. The fourth-order valence-electron chi connectivity index (χ4n) is 2.03. The summed E-state index contributed by atoms with van der Waals surface area (Å²) in [5.41, 5.74) is 0. The molecule has 1 amide bonds. The van der Waals surface area contributed by atoms with Crippen LogP contribution in [0, 0.1) is 0 Å². The normalized spacial score (nSPS) is 20.2. The first-order valence-corrected chi connectivity index (χ1v) is 6.36. The van der Waals surface area contributed by atoms with Gasteiger partial charge in [-0.2, -0.15) is 0 Å². The number of carbonyl (C=O) groups excluding carboxylic acids is 2. The van der Waals surface area contributed by atoms with Crippen molar-refractivity contribution in [2.45, 2.75) is 39.2 Å². The molecule has 1 unspecified atom stereocenters. The second-order valence-electron chi connectivity index (χ2n) is 4.23. The third-order valence-electron chi connectivity index (χ3n) is 2.84. The van der Waals surface area contributed by atoms with Crippen molar-refractivity contribution < 1.29 is 14.3 Å². The molecule has 5 nitrogen and oxygen atoms in total. The number of likely N-dealkylation sites (tertiary alicyclic amines) is 1. The van der Waals surface area contributed by atoms with E-state index < -0.39 is 0 Å². The van der Waals surface area contributed by atoms with Crippen molar-refractivity contribution in [2.24, 2.45) is 0 Å². The van der Waals surface area contributed by atoms with Gasteiger partial charge in [0.1, 0.15) is 6.04 Å². The molecule has 0 aromatic carbocycles. The van der Waals surface area contributed by atoms with E-state index in [0.717, 1.165) is 25.8 Å². The molecule has 0 aromatic rings. The third kappa shape index (κ3) is 4.34. The van der Waals surface area contributed by atoms with Gasteiger partial charge >= 0.3 is 5.97 Å². The maximum absolute atomic E-state index is 11.7. The molecule has 98 valence electrons. The summed E-state index contributed by atoms with van der Waals surface area (Å²) in [6.07, 6.45) is 2.66. The lowest BCUT2D eigenvalue weighted by Gasteiger charge is -2.21. The monoisotopic (exact) mass is 242 g/mol. The Bertz CT molecular complexity index is 268. The van der Waals surface area contributed by atoms with E-state index in [0.29, 0.717) is 19.7 Å². The molecule has 0 aliphatic carbocycles. The van der Waals surface area contributed by atoms with E-state index in [9.17, 15) is 9.59 Å². The number of nitrogens with one attached hydrogen (secondary N) is 1. The van der Waals surface area contributed by atoms with E-state index in [1.165, 1.54) is 0 Å². The smallest absolute Gasteiger partial charge is 0.323 e. The van der Waals surface area contributed by atoms with Gasteiger partial charge in [-0.15, -0.1) is 0 Å². The lowest BCUT2D eigenvalue weighted by Crippen LogP contribution is -2.43. The molecule has 0 spiro atoms. The molecule has 1 rings (SSSR count). The zero-order chi connectivity index (χ0) is 12.7. The van der Waals surface area contributed by atoms with Gasteiger partial charge in [-0.3, -0.25) is 14.5 Å². The standard InChI is InChI=1S/C12H22N2O3/c1-3-7-13-11(15)9-14-8-5-6-10(14)12(16)17-4-2/h10H,3-9H2,1-2H3,(H,13,15). The van der Waals surface area contributed by atoms with Crippen molar-refractivity contribution in [1.82, 2.24) is 10.2 Å². The third-order valence-corrected chi connectivity index (χ3v) is 2.84. The SMILES string of the molecule is CCCNC(=O)CN1CCCC1C(=O)OCC. The average molecular weight is 242 g/mol. The Hall–Kier alpha value is -1.10. The van der Waals surface area contributed by atoms with Crippen molar-refractivity contribution in [2.75, 3.05) is 26.2 Å². The van der Waals surface area contributed by atoms with Gasteiger partial charge in [0.05, 0.1) is 13.2 Å². The number of hydrogen-bond donors (Lipinski definition) is 1. The minimum atomic E-state index is -0.234. The zero-order valence-corrected chi connectivity index (χ0v) is 10.7. The molecule has 1 saturated heterocycles. The Morgan fingerprint density at radius 3 is 2.82 bits per heavy atom. The average Bonchev–Trinajstić information content (AvgIpc) is 2.75. The van der Waals surface area contributed by atoms with Gasteiger partial charge < -0.3 is 10.1 Å². The van der Waals surface area contributed by atoms with Gasteiger partial charge in [0.25, 0.3) is 0 Å². The van der Waals surface area contributed by atoms with Crippen LogP contribution < -0.4 is 5.32 Å². The van der Waals surface area contributed by atoms with Gasteiger partial charge in [-0.05, 0) is 32.7 Å². The van der Waals surface area contributed by atoms with Crippen LogP contribution in [0.4, 0.5) is 0 Å². The fraction of sp³-hybridized carbons (Fsp3) is 0.833. The molecule has 17 heavy (non-hydrogen) atoms. The van der Waals surface area contributed by atoms with Crippen molar-refractivity contribution in [1.29, 1.82) is 0 Å². The summed E-state index contributed by atoms with van der Waals surface area (Å²) in [5.74, 6) is -0.212. The molecule has 1 fully saturated rings. The molecule has 1 atom stereocenters. The van der Waals surface area contributed by atoms with E-state index in [1.807, 2.05) is 11.8 Å². The van der Waals surface area contributed by atoms with Crippen molar-refractivity contribution in [3.05, 3.63) is 0 Å².